The maximum absolute atomic E-state index is 13.0. The number of aliphatic imine (C=N–C) groups is 2. The lowest BCUT2D eigenvalue weighted by molar-refractivity contribution is -0.271. The lowest BCUT2D eigenvalue weighted by Gasteiger charge is -2.38. The number of rotatable bonds is 23. The van der Waals surface area contributed by atoms with E-state index >= 15 is 0 Å². The van der Waals surface area contributed by atoms with Crippen molar-refractivity contribution in [1.29, 1.82) is 0 Å². The smallest absolute Gasteiger partial charge is 0.335 e. The molecule has 6 N–H and O–H groups in total. The van der Waals surface area contributed by atoms with E-state index in [4.69, 9.17) is 23.7 Å². The highest BCUT2D eigenvalue weighted by molar-refractivity contribution is 6.06. The van der Waals surface area contributed by atoms with Crippen LogP contribution in [-0.2, 0) is 49.6 Å². The number of carbonyl (C=O) groups is 8. The first-order valence-electron chi connectivity index (χ1n) is 33.9. The number of carbonyl (C=O) groups excluding carboxylic acids is 7. The van der Waals surface area contributed by atoms with E-state index in [1.54, 1.807) is 25.0 Å². The van der Waals surface area contributed by atoms with E-state index in [0.717, 1.165) is 47.4 Å². The van der Waals surface area contributed by atoms with E-state index in [-0.39, 0.29) is 103 Å². The van der Waals surface area contributed by atoms with Gasteiger partial charge in [0.15, 0.2) is 6.10 Å². The molecule has 6 aliphatic heterocycles. The van der Waals surface area contributed by atoms with Gasteiger partial charge in [0, 0.05) is 103 Å². The van der Waals surface area contributed by atoms with Gasteiger partial charge in [-0.15, -0.1) is 0 Å². The molecular weight excluding hydrogens is 1280 g/mol. The van der Waals surface area contributed by atoms with Crippen LogP contribution in [0.4, 0.5) is 17.1 Å². The van der Waals surface area contributed by atoms with Crippen LogP contribution >= 0.6 is 0 Å². The standard InChI is InChI=1S/C33H47N3O13.C22H22N2O3.C19H16N2O.C2H6/c1-5-25(40)47-17-18-10-11-21(48-32-28(43)26(41)27(42)29(49-32)31(45)46)20(15-18)35-23(38)12-13-34-22(37)9-7-6-8-14-36-24(39)16-19(30(36)44)33(2,3)4;1-26-10-5-11-27-19-8-9-20-21(13-19)23-14-18-12-17(15-24(18)22(20)25)16-6-3-2-4-7-16;1-13-7-8-17-18(9-13)20-11-16-10-15(12-21(16)19(17)22)14-5-3-2-4-6-14;1-2/h10-11,15,19,26-29,32,41-43H,5-9,12-14,16-17H2,1-4H3,(H,34,37)(H,35,38)(H,45,46);2-4,6-9,13-15,18H,5,10-12H2,1H3;2-9,11-12,16H,10H2,1H3;1-2H3/t19?,26-,27-,28?,29?,32+;18-;16-;/m000./s1. The number of hydrogen-bond acceptors (Lipinski definition) is 18. The number of esters is 1. The number of aliphatic hydroxyl groups is 3. The number of imide groups is 1. The van der Waals surface area contributed by atoms with Gasteiger partial charge >= 0.3 is 11.9 Å². The van der Waals surface area contributed by atoms with Crippen molar-refractivity contribution in [3.8, 4) is 11.5 Å². The normalized spacial score (nSPS) is 21.0. The predicted molar refractivity (Wildman–Crippen MR) is 376 cm³/mol. The minimum atomic E-state index is -1.93. The molecule has 0 aliphatic carbocycles. The van der Waals surface area contributed by atoms with Crippen molar-refractivity contribution in [2.75, 3.05) is 38.7 Å². The number of aliphatic carboxylic acids is 1. The van der Waals surface area contributed by atoms with Crippen LogP contribution in [0.5, 0.6) is 11.5 Å². The Bertz CT molecular complexity index is 3850. The Balaban J connectivity index is 0.000000207. The van der Waals surface area contributed by atoms with Gasteiger partial charge in [-0.05, 0) is 95.0 Å². The van der Waals surface area contributed by atoms with Crippen molar-refractivity contribution in [3.05, 3.63) is 161 Å². The second kappa shape index (κ2) is 35.9. The van der Waals surface area contributed by atoms with Crippen LogP contribution in [0.2, 0.25) is 0 Å². The molecule has 6 heterocycles. The molecule has 100 heavy (non-hydrogen) atoms. The lowest BCUT2D eigenvalue weighted by Crippen LogP contribution is -2.61. The number of nitrogens with one attached hydrogen (secondary N) is 2. The molecule has 3 unspecified atom stereocenters. The van der Waals surface area contributed by atoms with Crippen LogP contribution in [0.15, 0.2) is 138 Å². The van der Waals surface area contributed by atoms with Crippen LogP contribution in [0.1, 0.15) is 149 Å². The quantitative estimate of drug-likeness (QED) is 0.0201. The van der Waals surface area contributed by atoms with Crippen molar-refractivity contribution < 1.29 is 82.5 Å². The third-order valence-electron chi connectivity index (χ3n) is 17.3. The van der Waals surface area contributed by atoms with Crippen LogP contribution in [0, 0.1) is 18.3 Å². The molecule has 6 amide bonds. The largest absolute Gasteiger partial charge is 0.493 e. The Morgan fingerprint density at radius 2 is 1.29 bits per heavy atom. The van der Waals surface area contributed by atoms with Gasteiger partial charge in [0.05, 0.1) is 52.8 Å². The molecule has 0 saturated carbocycles. The van der Waals surface area contributed by atoms with Crippen LogP contribution in [0.3, 0.4) is 0 Å². The van der Waals surface area contributed by atoms with Crippen LogP contribution in [0.25, 0.3) is 11.1 Å². The van der Waals surface area contributed by atoms with Gasteiger partial charge in [-0.1, -0.05) is 121 Å². The fourth-order valence-electron chi connectivity index (χ4n) is 11.8. The zero-order chi connectivity index (χ0) is 72.2. The fourth-order valence-corrected chi connectivity index (χ4v) is 11.8. The number of benzene rings is 5. The molecule has 5 aromatic carbocycles. The summed E-state index contributed by atoms with van der Waals surface area (Å²) in [6, 6.07) is 35.9. The van der Waals surface area contributed by atoms with Gasteiger partial charge in [-0.2, -0.15) is 0 Å². The Kier molecular flexibility index (Phi) is 27.3. The number of likely N-dealkylation sites (tertiary alicyclic amines) is 1. The average molecular weight is 1370 g/mol. The number of fused-ring (bicyclic) bond motifs is 4. The number of amides is 6. The molecule has 0 bridgehead atoms. The number of carboxylic acid groups (broad SMARTS) is 1. The molecule has 0 aromatic heterocycles. The summed E-state index contributed by atoms with van der Waals surface area (Å²) >= 11 is 0. The number of methoxy groups -OCH3 is 1. The lowest BCUT2D eigenvalue weighted by atomic mass is 9.80. The van der Waals surface area contributed by atoms with E-state index in [9.17, 15) is 58.8 Å². The number of carboxylic acids is 1. The Labute approximate surface area is 582 Å². The molecule has 0 spiro atoms. The second-order valence-corrected chi connectivity index (χ2v) is 25.6. The summed E-state index contributed by atoms with van der Waals surface area (Å²) in [5.41, 5.74) is 8.67. The first-order chi connectivity index (χ1) is 48.0. The monoisotopic (exact) mass is 1370 g/mol. The summed E-state index contributed by atoms with van der Waals surface area (Å²) in [7, 11) is 1.67. The molecule has 6 aliphatic rings. The minimum Gasteiger partial charge on any atom is -0.493 e. The molecule has 532 valence electrons. The number of aliphatic hydroxyl groups excluding tert-OH is 3. The van der Waals surface area contributed by atoms with E-state index in [1.165, 1.54) is 34.2 Å². The number of unbranched alkanes of at least 4 members (excludes halogenated alkanes) is 2. The zero-order valence-electron chi connectivity index (χ0n) is 57.8. The van der Waals surface area contributed by atoms with Crippen molar-refractivity contribution in [2.45, 2.75) is 162 Å². The Hall–Kier alpha value is -9.72. The molecule has 24 nitrogen and oxygen atoms in total. The summed E-state index contributed by atoms with van der Waals surface area (Å²) in [4.78, 5) is 113. The van der Waals surface area contributed by atoms with Gasteiger partial charge in [0.2, 0.25) is 29.9 Å². The summed E-state index contributed by atoms with van der Waals surface area (Å²) in [6.07, 6.45) is 2.89. The third-order valence-corrected chi connectivity index (χ3v) is 17.3. The fraction of sp³-hybridized carbons (Fsp3) is 0.421. The van der Waals surface area contributed by atoms with Gasteiger partial charge in [0.1, 0.15) is 36.4 Å². The van der Waals surface area contributed by atoms with E-state index in [0.29, 0.717) is 61.4 Å². The summed E-state index contributed by atoms with van der Waals surface area (Å²) in [5.74, 6) is -2.90. The first-order valence-corrected chi connectivity index (χ1v) is 33.9. The molecule has 8 atom stereocenters. The molecule has 11 rings (SSSR count). The minimum absolute atomic E-state index is 0.00550. The van der Waals surface area contributed by atoms with Gasteiger partial charge < -0.3 is 64.5 Å². The average Bonchev–Trinajstić information content (AvgIpc) is 1.75. The van der Waals surface area contributed by atoms with E-state index in [2.05, 4.69) is 44.9 Å². The highest BCUT2D eigenvalue weighted by Crippen LogP contribution is 2.39. The summed E-state index contributed by atoms with van der Waals surface area (Å²) < 4.78 is 26.7. The SMILES string of the molecule is CC.CCC(=O)OCc1ccc(O[C@@H]2OC(C(=O)O)[C@@H](O)[C@H](O)C2O)c(NC(=O)CCNC(=O)CCCCCN2C(=O)CC(C(C)(C)C)C2=O)c1.COCCCOc1ccc2c(c1)N=C[C@@H]1CC(c3ccccc3)=CN1C2=O.Cc1ccc2c(c1)N=C[C@@H]1CC(c3ccccc3)=CN1C2=O. The van der Waals surface area contributed by atoms with Crippen LogP contribution in [-0.4, -0.2) is 171 Å². The van der Waals surface area contributed by atoms with Gasteiger partial charge in [-0.25, -0.2) is 4.79 Å². The highest BCUT2D eigenvalue weighted by atomic mass is 16.7. The summed E-state index contributed by atoms with van der Waals surface area (Å²) in [5, 5.41) is 45.1. The van der Waals surface area contributed by atoms with Crippen LogP contribution < -0.4 is 20.1 Å². The van der Waals surface area contributed by atoms with Crippen molar-refractivity contribution in [3.63, 3.8) is 0 Å². The van der Waals surface area contributed by atoms with Crippen molar-refractivity contribution in [2.24, 2.45) is 21.3 Å². The molecule has 24 heteroatoms. The summed E-state index contributed by atoms with van der Waals surface area (Å²) in [6.45, 7) is 14.9. The number of aryl methyl sites for hydroxylation is 1. The zero-order valence-corrected chi connectivity index (χ0v) is 57.8. The molecule has 2 fully saturated rings. The third kappa shape index (κ3) is 19.8. The van der Waals surface area contributed by atoms with Gasteiger partial charge in [0.25, 0.3) is 11.8 Å². The maximum atomic E-state index is 13.0. The Morgan fingerprint density at radius 1 is 0.680 bits per heavy atom. The predicted octanol–water partition coefficient (Wildman–Crippen LogP) is 9.90. The molecule has 2 saturated heterocycles. The number of ether oxygens (including phenoxy) is 5. The highest BCUT2D eigenvalue weighted by Gasteiger charge is 2.49. The maximum Gasteiger partial charge on any atom is 0.335 e. The Morgan fingerprint density at radius 3 is 1.87 bits per heavy atom. The first kappa shape index (κ1) is 76.0. The molecular formula is C76H91N7O17. The number of hydrogen-bond donors (Lipinski definition) is 6. The number of anilines is 1. The molecule has 0 radical (unpaired) electrons. The van der Waals surface area contributed by atoms with Gasteiger partial charge in [-0.3, -0.25) is 48.4 Å². The number of nitrogens with zero attached hydrogens (tertiary/aromatic N) is 5. The van der Waals surface area contributed by atoms with E-state index in [1.807, 2.05) is 138 Å². The second-order valence-electron chi connectivity index (χ2n) is 25.6. The van der Waals surface area contributed by atoms with Crippen molar-refractivity contribution >= 4 is 88.0 Å². The van der Waals surface area contributed by atoms with Crippen molar-refractivity contribution in [1.82, 2.24) is 20.0 Å². The van der Waals surface area contributed by atoms with E-state index < -0.39 is 48.6 Å². The molecule has 5 aromatic rings. The topological polar surface area (TPSA) is 322 Å².